The number of amides is 1. The van der Waals surface area contributed by atoms with Crippen LogP contribution in [0.2, 0.25) is 0 Å². The molecule has 0 saturated carbocycles. The lowest BCUT2D eigenvalue weighted by Crippen LogP contribution is -2.48. The number of nitrogens with zero attached hydrogens (tertiary/aromatic N) is 5. The average Bonchev–Trinajstić information content (AvgIpc) is 3.20. The molecule has 1 aromatic carbocycles. The number of benzene rings is 1. The van der Waals surface area contributed by atoms with Crippen LogP contribution in [0.1, 0.15) is 66.6 Å². The van der Waals surface area contributed by atoms with Crippen LogP contribution in [0.5, 0.6) is 0 Å². The van der Waals surface area contributed by atoms with E-state index in [1.165, 1.54) is 49.0 Å². The van der Waals surface area contributed by atoms with Gasteiger partial charge in [-0.3, -0.25) is 4.79 Å². The van der Waals surface area contributed by atoms with Crippen LogP contribution in [0.25, 0.3) is 16.7 Å². The van der Waals surface area contributed by atoms with E-state index in [0.29, 0.717) is 12.5 Å². The first-order chi connectivity index (χ1) is 16.9. The van der Waals surface area contributed by atoms with Crippen LogP contribution in [0.15, 0.2) is 24.3 Å². The molecule has 2 aromatic heterocycles. The van der Waals surface area contributed by atoms with Crippen molar-refractivity contribution in [1.82, 2.24) is 24.6 Å². The van der Waals surface area contributed by atoms with Crippen molar-refractivity contribution in [2.75, 3.05) is 26.2 Å². The Morgan fingerprint density at radius 2 is 1.60 bits per heavy atom. The second kappa shape index (κ2) is 10.1. The number of hydrogen-bond donors (Lipinski definition) is 0. The molecule has 5 rings (SSSR count). The molecule has 6 heteroatoms. The van der Waals surface area contributed by atoms with Crippen molar-refractivity contribution in [3.8, 4) is 5.69 Å². The normalized spacial score (nSPS) is 17.9. The molecule has 4 heterocycles. The van der Waals surface area contributed by atoms with Gasteiger partial charge in [0.1, 0.15) is 0 Å². The third-order valence-corrected chi connectivity index (χ3v) is 8.17. The highest BCUT2D eigenvalue weighted by Gasteiger charge is 2.27. The fraction of sp³-hybridized carbons (Fsp3) is 0.552. The van der Waals surface area contributed by atoms with Crippen molar-refractivity contribution in [3.05, 3.63) is 52.3 Å². The minimum absolute atomic E-state index is 0.285. The zero-order valence-corrected chi connectivity index (χ0v) is 21.8. The Labute approximate surface area is 209 Å². The molecule has 2 fully saturated rings. The van der Waals surface area contributed by atoms with E-state index in [1.807, 2.05) is 4.68 Å². The second-order valence-corrected chi connectivity index (χ2v) is 10.5. The van der Waals surface area contributed by atoms with Gasteiger partial charge in [-0.1, -0.05) is 24.1 Å². The van der Waals surface area contributed by atoms with Crippen LogP contribution in [-0.2, 0) is 11.2 Å². The first kappa shape index (κ1) is 24.0. The van der Waals surface area contributed by atoms with Crippen molar-refractivity contribution >= 4 is 16.9 Å². The van der Waals surface area contributed by atoms with E-state index in [-0.39, 0.29) is 5.91 Å². The zero-order valence-electron chi connectivity index (χ0n) is 21.8. The summed E-state index contributed by atoms with van der Waals surface area (Å²) in [5.74, 6) is 0.285. The number of hydrogen-bond acceptors (Lipinski definition) is 4. The summed E-state index contributed by atoms with van der Waals surface area (Å²) < 4.78 is 1.95. The molecule has 186 valence electrons. The Morgan fingerprint density at radius 3 is 2.29 bits per heavy atom. The smallest absolute Gasteiger partial charge is 0.222 e. The Hall–Kier alpha value is -2.73. The van der Waals surface area contributed by atoms with Crippen molar-refractivity contribution < 1.29 is 4.79 Å². The number of pyridine rings is 1. The molecule has 0 unspecified atom stereocenters. The van der Waals surface area contributed by atoms with Gasteiger partial charge in [0.05, 0.1) is 11.4 Å². The van der Waals surface area contributed by atoms with Crippen molar-refractivity contribution in [1.29, 1.82) is 0 Å². The molecule has 6 nitrogen and oxygen atoms in total. The van der Waals surface area contributed by atoms with Crippen LogP contribution < -0.4 is 0 Å². The maximum atomic E-state index is 13.1. The number of fused-ring (bicyclic) bond motifs is 1. The Balaban J connectivity index is 1.28. The Kier molecular flexibility index (Phi) is 6.92. The molecule has 0 spiro atoms. The number of rotatable bonds is 5. The van der Waals surface area contributed by atoms with Gasteiger partial charge in [-0.15, -0.1) is 0 Å². The molecule has 0 bridgehead atoms. The van der Waals surface area contributed by atoms with E-state index >= 15 is 0 Å². The van der Waals surface area contributed by atoms with Crippen LogP contribution in [0.4, 0.5) is 0 Å². The molecule has 2 saturated heterocycles. The fourth-order valence-corrected chi connectivity index (χ4v) is 6.09. The quantitative estimate of drug-likeness (QED) is 0.520. The van der Waals surface area contributed by atoms with Crippen molar-refractivity contribution in [3.63, 3.8) is 0 Å². The molecule has 2 aliphatic heterocycles. The van der Waals surface area contributed by atoms with E-state index in [1.54, 1.807) is 0 Å². The second-order valence-electron chi connectivity index (χ2n) is 10.5. The van der Waals surface area contributed by atoms with Gasteiger partial charge < -0.3 is 9.80 Å². The summed E-state index contributed by atoms with van der Waals surface area (Å²) in [6.45, 7) is 12.7. The molecule has 0 aliphatic carbocycles. The van der Waals surface area contributed by atoms with Crippen LogP contribution in [0.3, 0.4) is 0 Å². The molecular weight excluding hydrogens is 434 g/mol. The largest absolute Gasteiger partial charge is 0.343 e. The average molecular weight is 474 g/mol. The van der Waals surface area contributed by atoms with Crippen LogP contribution >= 0.6 is 0 Å². The summed E-state index contributed by atoms with van der Waals surface area (Å²) in [6.07, 6.45) is 7.57. The first-order valence-electron chi connectivity index (χ1n) is 13.4. The zero-order chi connectivity index (χ0) is 24.5. The lowest BCUT2D eigenvalue weighted by molar-refractivity contribution is -0.132. The maximum absolute atomic E-state index is 13.1. The summed E-state index contributed by atoms with van der Waals surface area (Å²) in [6, 6.07) is 9.06. The van der Waals surface area contributed by atoms with Gasteiger partial charge in [-0.25, -0.2) is 9.67 Å². The SMILES string of the molecule is Cc1ccc(-n2nc(C)c3c(C)c(CCC(=O)N4CCC(N5CCCCC5)CC4)c(C)nc32)cc1. The van der Waals surface area contributed by atoms with Gasteiger partial charge in [0.25, 0.3) is 0 Å². The van der Waals surface area contributed by atoms with Crippen LogP contribution in [0, 0.1) is 27.7 Å². The van der Waals surface area contributed by atoms with Gasteiger partial charge in [0.2, 0.25) is 5.91 Å². The lowest BCUT2D eigenvalue weighted by Gasteiger charge is -2.40. The Morgan fingerprint density at radius 1 is 0.914 bits per heavy atom. The number of carbonyl (C=O) groups excluding carboxylic acids is 1. The van der Waals surface area contributed by atoms with Gasteiger partial charge in [-0.05, 0) is 96.1 Å². The third-order valence-electron chi connectivity index (χ3n) is 8.17. The monoisotopic (exact) mass is 473 g/mol. The molecular formula is C29H39N5O. The summed E-state index contributed by atoms with van der Waals surface area (Å²) in [5, 5.41) is 5.93. The van der Waals surface area contributed by atoms with Crippen molar-refractivity contribution in [2.24, 2.45) is 0 Å². The number of piperidine rings is 2. The third kappa shape index (κ3) is 4.86. The minimum atomic E-state index is 0.285. The summed E-state index contributed by atoms with van der Waals surface area (Å²) in [5.41, 5.74) is 7.54. The minimum Gasteiger partial charge on any atom is -0.343 e. The highest BCUT2D eigenvalue weighted by atomic mass is 16.2. The van der Waals surface area contributed by atoms with Gasteiger partial charge in [0.15, 0.2) is 5.65 Å². The van der Waals surface area contributed by atoms with E-state index in [9.17, 15) is 4.79 Å². The van der Waals surface area contributed by atoms with Gasteiger partial charge in [0, 0.05) is 36.6 Å². The van der Waals surface area contributed by atoms with E-state index < -0.39 is 0 Å². The molecule has 35 heavy (non-hydrogen) atoms. The predicted octanol–water partition coefficient (Wildman–Crippen LogP) is 5.06. The van der Waals surface area contributed by atoms with Crippen molar-refractivity contribution in [2.45, 2.75) is 78.7 Å². The number of aryl methyl sites for hydroxylation is 4. The number of carbonyl (C=O) groups is 1. The fourth-order valence-electron chi connectivity index (χ4n) is 6.09. The predicted molar refractivity (Wildman–Crippen MR) is 141 cm³/mol. The summed E-state index contributed by atoms with van der Waals surface area (Å²) >= 11 is 0. The molecule has 2 aliphatic rings. The Bertz CT molecular complexity index is 1200. The standard InChI is InChI=1S/C29H39N5O/c1-20-8-10-25(11-9-20)34-29-28(23(4)31-34)21(2)26(22(3)30-29)12-13-27(35)33-18-14-24(15-19-33)32-16-6-5-7-17-32/h8-11,24H,5-7,12-19H2,1-4H3. The van der Waals surface area contributed by atoms with E-state index in [2.05, 4.69) is 61.8 Å². The molecule has 0 N–H and O–H groups in total. The molecule has 0 atom stereocenters. The highest BCUT2D eigenvalue weighted by Crippen LogP contribution is 2.29. The molecule has 1 amide bonds. The van der Waals surface area contributed by atoms with Gasteiger partial charge >= 0.3 is 0 Å². The summed E-state index contributed by atoms with van der Waals surface area (Å²) in [4.78, 5) is 22.8. The lowest BCUT2D eigenvalue weighted by atomic mass is 9.97. The summed E-state index contributed by atoms with van der Waals surface area (Å²) in [7, 11) is 0. The molecule has 0 radical (unpaired) electrons. The van der Waals surface area contributed by atoms with Gasteiger partial charge in [-0.2, -0.15) is 5.10 Å². The molecule has 3 aromatic rings. The van der Waals surface area contributed by atoms with Crippen LogP contribution in [-0.4, -0.2) is 62.7 Å². The highest BCUT2D eigenvalue weighted by molar-refractivity contribution is 5.85. The maximum Gasteiger partial charge on any atom is 0.222 e. The van der Waals surface area contributed by atoms with E-state index in [4.69, 9.17) is 10.1 Å². The topological polar surface area (TPSA) is 54.3 Å². The number of likely N-dealkylation sites (tertiary alicyclic amines) is 2. The van der Waals surface area contributed by atoms with E-state index in [0.717, 1.165) is 60.5 Å². The number of aromatic nitrogens is 3. The first-order valence-corrected chi connectivity index (χ1v) is 13.4.